The van der Waals surface area contributed by atoms with E-state index in [0.29, 0.717) is 17.0 Å². The zero-order chi connectivity index (χ0) is 19.2. The Kier molecular flexibility index (Phi) is 6.77. The van der Waals surface area contributed by atoms with Crippen LogP contribution in [0.5, 0.6) is 5.75 Å². The van der Waals surface area contributed by atoms with Crippen molar-refractivity contribution in [2.45, 2.75) is 64.3 Å². The van der Waals surface area contributed by atoms with Crippen LogP contribution in [0, 0.1) is 19.8 Å². The van der Waals surface area contributed by atoms with Crippen molar-refractivity contribution in [1.82, 2.24) is 15.5 Å². The molecule has 146 valence electrons. The van der Waals surface area contributed by atoms with Crippen molar-refractivity contribution in [3.63, 3.8) is 0 Å². The fourth-order valence-electron chi connectivity index (χ4n) is 3.42. The number of carbonyl (C=O) groups is 1. The van der Waals surface area contributed by atoms with Crippen molar-refractivity contribution in [3.8, 4) is 5.75 Å². The highest BCUT2D eigenvalue weighted by molar-refractivity contribution is 7.99. The third kappa shape index (κ3) is 5.48. The lowest BCUT2D eigenvalue weighted by molar-refractivity contribution is -0.119. The quantitative estimate of drug-likeness (QED) is 0.720. The maximum Gasteiger partial charge on any atom is 0.277 e. The smallest absolute Gasteiger partial charge is 0.277 e. The summed E-state index contributed by atoms with van der Waals surface area (Å²) in [4.78, 5) is 12.2. The van der Waals surface area contributed by atoms with Gasteiger partial charge in [-0.15, -0.1) is 10.2 Å². The van der Waals surface area contributed by atoms with Gasteiger partial charge in [-0.05, 0) is 43.7 Å². The maximum atomic E-state index is 12.2. The molecule has 1 aromatic carbocycles. The number of para-hydroxylation sites is 1. The minimum Gasteiger partial charge on any atom is -0.483 e. The largest absolute Gasteiger partial charge is 0.483 e. The minimum atomic E-state index is 0.0188. The minimum absolute atomic E-state index is 0.0188. The van der Waals surface area contributed by atoms with Crippen LogP contribution in [0.2, 0.25) is 0 Å². The number of amides is 1. The number of aromatic nitrogens is 2. The first-order valence-electron chi connectivity index (χ1n) is 9.46. The van der Waals surface area contributed by atoms with Gasteiger partial charge in [0.25, 0.3) is 11.1 Å². The van der Waals surface area contributed by atoms with Crippen molar-refractivity contribution in [2.75, 3.05) is 5.75 Å². The van der Waals surface area contributed by atoms with E-state index in [-0.39, 0.29) is 24.3 Å². The number of aryl methyl sites for hydroxylation is 2. The van der Waals surface area contributed by atoms with Gasteiger partial charge in [0, 0.05) is 6.04 Å². The molecule has 1 saturated carbocycles. The SMILES string of the molecule is Cc1cccc(C)c1OCc1nnc(SCC(=O)NC2CCCCC2C)o1. The molecular formula is C20H27N3O3S. The molecule has 1 aliphatic rings. The zero-order valence-electron chi connectivity index (χ0n) is 16.2. The average molecular weight is 390 g/mol. The Hall–Kier alpha value is -2.02. The molecule has 1 heterocycles. The molecule has 1 fully saturated rings. The second-order valence-electron chi connectivity index (χ2n) is 7.20. The van der Waals surface area contributed by atoms with Gasteiger partial charge in [0.15, 0.2) is 6.61 Å². The first-order valence-corrected chi connectivity index (χ1v) is 10.4. The molecule has 0 radical (unpaired) electrons. The second-order valence-corrected chi connectivity index (χ2v) is 8.12. The molecule has 7 heteroatoms. The van der Waals surface area contributed by atoms with Gasteiger partial charge in [0.1, 0.15) is 5.75 Å². The molecule has 1 aliphatic carbocycles. The summed E-state index contributed by atoms with van der Waals surface area (Å²) in [5.41, 5.74) is 2.13. The molecule has 2 aromatic rings. The van der Waals surface area contributed by atoms with Gasteiger partial charge in [0.05, 0.1) is 5.75 Å². The lowest BCUT2D eigenvalue weighted by atomic mass is 9.86. The van der Waals surface area contributed by atoms with Crippen LogP contribution in [0.25, 0.3) is 0 Å². The number of nitrogens with one attached hydrogen (secondary N) is 1. The van der Waals surface area contributed by atoms with Gasteiger partial charge in [-0.2, -0.15) is 0 Å². The summed E-state index contributed by atoms with van der Waals surface area (Å²) in [6.45, 7) is 6.43. The summed E-state index contributed by atoms with van der Waals surface area (Å²) in [5, 5.41) is 11.5. The highest BCUT2D eigenvalue weighted by Crippen LogP contribution is 2.25. The van der Waals surface area contributed by atoms with Gasteiger partial charge in [-0.3, -0.25) is 4.79 Å². The molecule has 2 unspecified atom stereocenters. The van der Waals surface area contributed by atoms with E-state index in [1.54, 1.807) is 0 Å². The van der Waals surface area contributed by atoms with Crippen molar-refractivity contribution in [2.24, 2.45) is 5.92 Å². The molecule has 27 heavy (non-hydrogen) atoms. The number of hydrogen-bond donors (Lipinski definition) is 1. The highest BCUT2D eigenvalue weighted by atomic mass is 32.2. The molecule has 0 bridgehead atoms. The zero-order valence-corrected chi connectivity index (χ0v) is 17.0. The summed E-state index contributed by atoms with van der Waals surface area (Å²) in [7, 11) is 0. The molecule has 2 atom stereocenters. The number of hydrogen-bond acceptors (Lipinski definition) is 6. The van der Waals surface area contributed by atoms with Crippen molar-refractivity contribution < 1.29 is 13.9 Å². The lowest BCUT2D eigenvalue weighted by Gasteiger charge is -2.29. The van der Waals surface area contributed by atoms with Gasteiger partial charge < -0.3 is 14.5 Å². The van der Waals surface area contributed by atoms with Crippen LogP contribution in [0.15, 0.2) is 27.8 Å². The summed E-state index contributed by atoms with van der Waals surface area (Å²) in [5.74, 6) is 2.09. The predicted molar refractivity (Wildman–Crippen MR) is 105 cm³/mol. The predicted octanol–water partition coefficient (Wildman–Crippen LogP) is 4.05. The number of carbonyl (C=O) groups excluding carboxylic acids is 1. The number of rotatable bonds is 7. The Labute approximate surface area is 164 Å². The standard InChI is InChI=1S/C20H27N3O3S/c1-13-7-4-5-10-16(13)21-17(24)12-27-20-23-22-18(26-20)11-25-19-14(2)8-6-9-15(19)3/h6,8-9,13,16H,4-5,7,10-12H2,1-3H3,(H,21,24). The van der Waals surface area contributed by atoms with E-state index in [0.717, 1.165) is 23.3 Å². The van der Waals surface area contributed by atoms with Crippen LogP contribution in [0.3, 0.4) is 0 Å². The summed E-state index contributed by atoms with van der Waals surface area (Å²) < 4.78 is 11.4. The molecule has 0 spiro atoms. The Bertz CT molecular complexity index is 757. The highest BCUT2D eigenvalue weighted by Gasteiger charge is 2.23. The monoisotopic (exact) mass is 389 g/mol. The van der Waals surface area contributed by atoms with E-state index in [9.17, 15) is 4.79 Å². The van der Waals surface area contributed by atoms with Crippen LogP contribution >= 0.6 is 11.8 Å². The lowest BCUT2D eigenvalue weighted by Crippen LogP contribution is -2.41. The molecule has 0 aliphatic heterocycles. The molecule has 6 nitrogen and oxygen atoms in total. The van der Waals surface area contributed by atoms with Gasteiger partial charge >= 0.3 is 0 Å². The van der Waals surface area contributed by atoms with Crippen LogP contribution in [-0.2, 0) is 11.4 Å². The molecule has 3 rings (SSSR count). The first kappa shape index (κ1) is 19.7. The van der Waals surface area contributed by atoms with E-state index in [4.69, 9.17) is 9.15 Å². The molecule has 1 amide bonds. The van der Waals surface area contributed by atoms with Crippen LogP contribution in [0.1, 0.15) is 49.6 Å². The van der Waals surface area contributed by atoms with Crippen molar-refractivity contribution >= 4 is 17.7 Å². The fraction of sp³-hybridized carbons (Fsp3) is 0.550. The summed E-state index contributed by atoms with van der Waals surface area (Å²) in [6, 6.07) is 6.29. The Balaban J connectivity index is 1.46. The molecule has 1 N–H and O–H groups in total. The third-order valence-corrected chi connectivity index (χ3v) is 5.80. The second kappa shape index (κ2) is 9.26. The topological polar surface area (TPSA) is 77.2 Å². The van der Waals surface area contributed by atoms with E-state index in [1.807, 2.05) is 32.0 Å². The normalized spacial score (nSPS) is 19.7. The average Bonchev–Trinajstić information content (AvgIpc) is 3.09. The van der Waals surface area contributed by atoms with Crippen molar-refractivity contribution in [1.29, 1.82) is 0 Å². The number of benzene rings is 1. The summed E-state index contributed by atoms with van der Waals surface area (Å²) in [6.07, 6.45) is 4.70. The van der Waals surface area contributed by atoms with E-state index in [1.165, 1.54) is 31.0 Å². The Morgan fingerprint density at radius 2 is 2.00 bits per heavy atom. The number of thioether (sulfide) groups is 1. The Morgan fingerprint density at radius 1 is 1.26 bits per heavy atom. The third-order valence-electron chi connectivity index (χ3n) is 4.98. The van der Waals surface area contributed by atoms with E-state index < -0.39 is 0 Å². The molecular weight excluding hydrogens is 362 g/mol. The van der Waals surface area contributed by atoms with Crippen molar-refractivity contribution in [3.05, 3.63) is 35.2 Å². The van der Waals surface area contributed by atoms with Crippen LogP contribution < -0.4 is 10.1 Å². The number of nitrogens with zero attached hydrogens (tertiary/aromatic N) is 2. The van der Waals surface area contributed by atoms with E-state index >= 15 is 0 Å². The van der Waals surface area contributed by atoms with Gasteiger partial charge in [-0.25, -0.2) is 0 Å². The molecule has 0 saturated heterocycles. The van der Waals surface area contributed by atoms with Crippen LogP contribution in [0.4, 0.5) is 0 Å². The first-order chi connectivity index (χ1) is 13.0. The van der Waals surface area contributed by atoms with Gasteiger partial charge in [0.2, 0.25) is 5.91 Å². The maximum absolute atomic E-state index is 12.2. The van der Waals surface area contributed by atoms with Crippen LogP contribution in [-0.4, -0.2) is 27.9 Å². The fourth-order valence-corrected chi connectivity index (χ4v) is 4.01. The summed E-state index contributed by atoms with van der Waals surface area (Å²) >= 11 is 1.26. The van der Waals surface area contributed by atoms with Gasteiger partial charge in [-0.1, -0.05) is 49.7 Å². The number of ether oxygens (including phenoxy) is 1. The molecule has 1 aromatic heterocycles. The Morgan fingerprint density at radius 3 is 2.74 bits per heavy atom. The van der Waals surface area contributed by atoms with E-state index in [2.05, 4.69) is 22.4 Å².